The highest BCUT2D eigenvalue weighted by atomic mass is 35.5. The zero-order chi connectivity index (χ0) is 18.8. The summed E-state index contributed by atoms with van der Waals surface area (Å²) < 4.78 is 51.1. The van der Waals surface area contributed by atoms with E-state index in [1.165, 1.54) is 23.5 Å². The average molecular weight is 423 g/mol. The second-order valence-corrected chi connectivity index (χ2v) is 10.7. The van der Waals surface area contributed by atoms with Crippen molar-refractivity contribution in [1.29, 1.82) is 0 Å². The Morgan fingerprint density at radius 1 is 1.20 bits per heavy atom. The molecule has 0 spiro atoms. The van der Waals surface area contributed by atoms with Crippen LogP contribution in [0.25, 0.3) is 0 Å². The molecule has 0 fully saturated rings. The molecule has 1 N–H and O–H groups in total. The van der Waals surface area contributed by atoms with E-state index in [0.29, 0.717) is 0 Å². The molecule has 0 saturated heterocycles. The molecule has 0 aliphatic rings. The first-order valence-electron chi connectivity index (χ1n) is 7.20. The van der Waals surface area contributed by atoms with Crippen LogP contribution in [0.3, 0.4) is 0 Å². The van der Waals surface area contributed by atoms with Gasteiger partial charge in [-0.15, -0.1) is 0 Å². The molecule has 25 heavy (non-hydrogen) atoms. The third kappa shape index (κ3) is 5.02. The number of rotatable bonds is 7. The Kier molecular flexibility index (Phi) is 6.29. The van der Waals surface area contributed by atoms with Crippen LogP contribution in [-0.4, -0.2) is 48.6 Å². The fraction of sp³-hybridized carbons (Fsp3) is 0.333. The Hall–Kier alpha value is -0.970. The van der Waals surface area contributed by atoms with Gasteiger partial charge in [-0.3, -0.25) is 0 Å². The Bertz CT molecular complexity index is 939. The molecular weight excluding hydrogens is 404 g/mol. The van der Waals surface area contributed by atoms with Crippen molar-refractivity contribution in [2.45, 2.75) is 15.8 Å². The molecule has 0 saturated carbocycles. The molecule has 2 rings (SSSR count). The van der Waals surface area contributed by atoms with Gasteiger partial charge in [0.2, 0.25) is 10.0 Å². The third-order valence-corrected chi connectivity index (χ3v) is 7.36. The number of sulfone groups is 1. The van der Waals surface area contributed by atoms with E-state index < -0.39 is 19.9 Å². The molecule has 138 valence electrons. The number of hydrogen-bond donors (Lipinski definition) is 1. The number of thiophene rings is 1. The summed E-state index contributed by atoms with van der Waals surface area (Å²) in [4.78, 5) is 1.55. The molecule has 1 atom stereocenters. The lowest BCUT2D eigenvalue weighted by Crippen LogP contribution is -2.34. The highest BCUT2D eigenvalue weighted by molar-refractivity contribution is 7.91. The standard InChI is InChI=1S/C15H19ClN2O4S3/c1-18(2)14(11-6-7-23-10-11)9-17-25(21,22)15-8-12(24(3,19)20)4-5-13(15)16/h4-8,10,14,17H,9H2,1-3H3. The molecule has 1 aromatic carbocycles. The van der Waals surface area contributed by atoms with Crippen molar-refractivity contribution in [3.8, 4) is 0 Å². The smallest absolute Gasteiger partial charge is 0.242 e. The molecular formula is C15H19ClN2O4S3. The minimum Gasteiger partial charge on any atom is -0.301 e. The molecule has 10 heteroatoms. The van der Waals surface area contributed by atoms with E-state index in [4.69, 9.17) is 11.6 Å². The van der Waals surface area contributed by atoms with Crippen LogP contribution in [0.2, 0.25) is 5.02 Å². The highest BCUT2D eigenvalue weighted by Crippen LogP contribution is 2.26. The second-order valence-electron chi connectivity index (χ2n) is 5.75. The zero-order valence-electron chi connectivity index (χ0n) is 13.9. The minimum absolute atomic E-state index is 0.0307. The van der Waals surface area contributed by atoms with Crippen LogP contribution in [0.15, 0.2) is 44.8 Å². The highest BCUT2D eigenvalue weighted by Gasteiger charge is 2.23. The lowest BCUT2D eigenvalue weighted by Gasteiger charge is -2.24. The maximum atomic E-state index is 12.6. The number of sulfonamides is 1. The zero-order valence-corrected chi connectivity index (χ0v) is 17.1. The van der Waals surface area contributed by atoms with Crippen molar-refractivity contribution in [3.05, 3.63) is 45.6 Å². The number of benzene rings is 1. The van der Waals surface area contributed by atoms with Crippen molar-refractivity contribution in [3.63, 3.8) is 0 Å². The van der Waals surface area contributed by atoms with E-state index in [1.807, 2.05) is 35.8 Å². The van der Waals surface area contributed by atoms with Gasteiger partial charge in [-0.1, -0.05) is 11.6 Å². The van der Waals surface area contributed by atoms with Crippen LogP contribution >= 0.6 is 22.9 Å². The van der Waals surface area contributed by atoms with Gasteiger partial charge in [-0.2, -0.15) is 11.3 Å². The summed E-state index contributed by atoms with van der Waals surface area (Å²) in [5, 5.41) is 3.85. The normalized spacial score (nSPS) is 14.0. The minimum atomic E-state index is -3.96. The molecule has 6 nitrogen and oxygen atoms in total. The van der Waals surface area contributed by atoms with Crippen molar-refractivity contribution in [1.82, 2.24) is 9.62 Å². The Morgan fingerprint density at radius 3 is 2.40 bits per heavy atom. The molecule has 0 bridgehead atoms. The predicted octanol–water partition coefficient (Wildman–Crippen LogP) is 2.39. The summed E-state index contributed by atoms with van der Waals surface area (Å²) in [6.07, 6.45) is 1.01. The monoisotopic (exact) mass is 422 g/mol. The Balaban J connectivity index is 2.30. The van der Waals surface area contributed by atoms with Gasteiger partial charge >= 0.3 is 0 Å². The van der Waals surface area contributed by atoms with Crippen molar-refractivity contribution in [2.24, 2.45) is 0 Å². The topological polar surface area (TPSA) is 83.6 Å². The SMILES string of the molecule is CN(C)C(CNS(=O)(=O)c1cc(S(C)(=O)=O)ccc1Cl)c1ccsc1. The lowest BCUT2D eigenvalue weighted by atomic mass is 10.1. The molecule has 2 aromatic rings. The maximum absolute atomic E-state index is 12.6. The van der Waals surface area contributed by atoms with E-state index in [9.17, 15) is 16.8 Å². The summed E-state index contributed by atoms with van der Waals surface area (Å²) in [6.45, 7) is 0.130. The number of likely N-dealkylation sites (N-methyl/N-ethyl adjacent to an activating group) is 1. The molecule has 0 aliphatic carbocycles. The van der Waals surface area contributed by atoms with Gasteiger partial charge < -0.3 is 4.90 Å². The lowest BCUT2D eigenvalue weighted by molar-refractivity contribution is 0.300. The van der Waals surface area contributed by atoms with Crippen molar-refractivity contribution in [2.75, 3.05) is 26.9 Å². The van der Waals surface area contributed by atoms with Crippen LogP contribution < -0.4 is 4.72 Å². The van der Waals surface area contributed by atoms with Crippen LogP contribution in [0.4, 0.5) is 0 Å². The molecule has 0 amide bonds. The maximum Gasteiger partial charge on any atom is 0.242 e. The summed E-state index contributed by atoms with van der Waals surface area (Å²) in [6, 6.07) is 5.41. The molecule has 1 heterocycles. The predicted molar refractivity (Wildman–Crippen MR) is 100 cm³/mol. The number of hydrogen-bond acceptors (Lipinski definition) is 6. The largest absolute Gasteiger partial charge is 0.301 e. The molecule has 1 aromatic heterocycles. The fourth-order valence-corrected chi connectivity index (χ4v) is 5.24. The number of nitrogens with one attached hydrogen (secondary N) is 1. The van der Waals surface area contributed by atoms with Gasteiger partial charge in [-0.05, 0) is 54.7 Å². The summed E-state index contributed by atoms with van der Waals surface area (Å²) in [5.74, 6) is 0. The fourth-order valence-electron chi connectivity index (χ4n) is 2.25. The van der Waals surface area contributed by atoms with E-state index >= 15 is 0 Å². The van der Waals surface area contributed by atoms with E-state index in [-0.39, 0.29) is 27.4 Å². The summed E-state index contributed by atoms with van der Waals surface area (Å²) in [5.41, 5.74) is 0.994. The second kappa shape index (κ2) is 7.73. The summed E-state index contributed by atoms with van der Waals surface area (Å²) in [7, 11) is -3.79. The van der Waals surface area contributed by atoms with E-state index in [2.05, 4.69) is 4.72 Å². The van der Waals surface area contributed by atoms with Gasteiger partial charge in [0.25, 0.3) is 0 Å². The Morgan fingerprint density at radius 2 is 1.88 bits per heavy atom. The van der Waals surface area contributed by atoms with Gasteiger partial charge in [0.15, 0.2) is 9.84 Å². The van der Waals surface area contributed by atoms with Crippen LogP contribution in [0, 0.1) is 0 Å². The van der Waals surface area contributed by atoms with Crippen LogP contribution in [-0.2, 0) is 19.9 Å². The first-order valence-corrected chi connectivity index (χ1v) is 11.9. The van der Waals surface area contributed by atoms with Gasteiger partial charge in [0.1, 0.15) is 4.90 Å². The van der Waals surface area contributed by atoms with E-state index in [1.54, 1.807) is 0 Å². The Labute approximate surface area is 157 Å². The van der Waals surface area contributed by atoms with E-state index in [0.717, 1.165) is 17.9 Å². The molecule has 0 radical (unpaired) electrons. The van der Waals surface area contributed by atoms with Gasteiger partial charge in [0, 0.05) is 18.8 Å². The number of halogens is 1. The molecule has 1 unspecified atom stereocenters. The number of nitrogens with zero attached hydrogens (tertiary/aromatic N) is 1. The van der Waals surface area contributed by atoms with Crippen LogP contribution in [0.1, 0.15) is 11.6 Å². The molecule has 0 aliphatic heterocycles. The van der Waals surface area contributed by atoms with Gasteiger partial charge in [0.05, 0.1) is 9.92 Å². The van der Waals surface area contributed by atoms with Gasteiger partial charge in [-0.25, -0.2) is 21.6 Å². The third-order valence-electron chi connectivity index (χ3n) is 3.64. The van der Waals surface area contributed by atoms with Crippen molar-refractivity contribution < 1.29 is 16.8 Å². The average Bonchev–Trinajstić information content (AvgIpc) is 3.00. The van der Waals surface area contributed by atoms with Crippen LogP contribution in [0.5, 0.6) is 0 Å². The first kappa shape index (κ1) is 20.3. The summed E-state index contributed by atoms with van der Waals surface area (Å²) >= 11 is 7.52. The first-order chi connectivity index (χ1) is 11.5. The van der Waals surface area contributed by atoms with Crippen molar-refractivity contribution >= 4 is 42.8 Å². The quantitative estimate of drug-likeness (QED) is 0.740.